The number of rotatable bonds is 3. The van der Waals surface area contributed by atoms with Crippen molar-refractivity contribution in [3.63, 3.8) is 0 Å². The van der Waals surface area contributed by atoms with E-state index in [-0.39, 0.29) is 6.04 Å². The van der Waals surface area contributed by atoms with E-state index in [1.165, 1.54) is 4.90 Å². The molecule has 0 bridgehead atoms. The minimum absolute atomic E-state index is 0.133. The molecule has 0 spiro atoms. The van der Waals surface area contributed by atoms with E-state index in [9.17, 15) is 23.1 Å². The van der Waals surface area contributed by atoms with Crippen LogP contribution in [0.15, 0.2) is 6.07 Å². The van der Waals surface area contributed by atoms with E-state index >= 15 is 0 Å². The van der Waals surface area contributed by atoms with Gasteiger partial charge < -0.3 is 15.3 Å². The van der Waals surface area contributed by atoms with Crippen LogP contribution in [-0.2, 0) is 0 Å². The Balaban J connectivity index is 2.33. The molecule has 1 heterocycles. The highest BCUT2D eigenvalue weighted by Crippen LogP contribution is 2.27. The standard InChI is InChI=1S/C14H17F3N2O2/c1-2-19(8-4-3-5-18-7-8)14(21)9-6-10(15)12(17)13(20)11(9)16/h6,8,18,20H,2-5,7H2,1H3. The second kappa shape index (κ2) is 6.34. The number of phenols is 1. The predicted molar refractivity (Wildman–Crippen MR) is 70.6 cm³/mol. The Morgan fingerprint density at radius 2 is 2.14 bits per heavy atom. The third-order valence-electron chi connectivity index (χ3n) is 3.68. The fourth-order valence-corrected chi connectivity index (χ4v) is 2.57. The zero-order chi connectivity index (χ0) is 15.6. The highest BCUT2D eigenvalue weighted by molar-refractivity contribution is 5.95. The topological polar surface area (TPSA) is 52.6 Å². The number of piperidine rings is 1. The summed E-state index contributed by atoms with van der Waals surface area (Å²) in [6, 6.07) is 0.358. The third kappa shape index (κ3) is 2.97. The molecule has 4 nitrogen and oxygen atoms in total. The van der Waals surface area contributed by atoms with Crippen molar-refractivity contribution in [2.45, 2.75) is 25.8 Å². The molecule has 0 aromatic heterocycles. The number of aromatic hydroxyl groups is 1. The van der Waals surface area contributed by atoms with Crippen molar-refractivity contribution in [3.05, 3.63) is 29.1 Å². The molecule has 1 unspecified atom stereocenters. The van der Waals surface area contributed by atoms with Gasteiger partial charge in [-0.3, -0.25) is 4.79 Å². The maximum Gasteiger partial charge on any atom is 0.257 e. The zero-order valence-electron chi connectivity index (χ0n) is 11.6. The Hall–Kier alpha value is -1.76. The molecular weight excluding hydrogens is 285 g/mol. The van der Waals surface area contributed by atoms with E-state index in [2.05, 4.69) is 5.32 Å². The fraction of sp³-hybridized carbons (Fsp3) is 0.500. The van der Waals surface area contributed by atoms with Crippen LogP contribution < -0.4 is 5.32 Å². The highest BCUT2D eigenvalue weighted by Gasteiger charge is 2.29. The lowest BCUT2D eigenvalue weighted by Crippen LogP contribution is -2.48. The van der Waals surface area contributed by atoms with E-state index in [1.54, 1.807) is 6.92 Å². The molecule has 1 amide bonds. The molecule has 0 aliphatic carbocycles. The number of hydrogen-bond acceptors (Lipinski definition) is 3. The second-order valence-electron chi connectivity index (χ2n) is 4.97. The summed E-state index contributed by atoms with van der Waals surface area (Å²) in [6.45, 7) is 3.45. The molecule has 1 saturated heterocycles. The molecule has 1 aromatic carbocycles. The van der Waals surface area contributed by atoms with Gasteiger partial charge in [-0.05, 0) is 32.4 Å². The van der Waals surface area contributed by atoms with Gasteiger partial charge in [0.2, 0.25) is 5.82 Å². The van der Waals surface area contributed by atoms with Crippen LogP contribution in [0.2, 0.25) is 0 Å². The predicted octanol–water partition coefficient (Wildman–Crippen LogP) is 2.02. The van der Waals surface area contributed by atoms with Gasteiger partial charge in [0.15, 0.2) is 17.4 Å². The number of likely N-dealkylation sites (N-methyl/N-ethyl adjacent to an activating group) is 1. The van der Waals surface area contributed by atoms with Gasteiger partial charge in [-0.25, -0.2) is 8.78 Å². The first kappa shape index (κ1) is 15.6. The van der Waals surface area contributed by atoms with Gasteiger partial charge in [0, 0.05) is 19.1 Å². The number of carbonyl (C=O) groups excluding carboxylic acids is 1. The molecular formula is C14H17F3N2O2. The van der Waals surface area contributed by atoms with Crippen LogP contribution in [0.5, 0.6) is 5.75 Å². The van der Waals surface area contributed by atoms with Crippen molar-refractivity contribution in [3.8, 4) is 5.75 Å². The normalized spacial score (nSPS) is 18.6. The van der Waals surface area contributed by atoms with E-state index in [0.29, 0.717) is 19.2 Å². The van der Waals surface area contributed by atoms with E-state index < -0.39 is 34.7 Å². The second-order valence-corrected chi connectivity index (χ2v) is 4.97. The Kier molecular flexibility index (Phi) is 4.72. The Morgan fingerprint density at radius 3 is 2.71 bits per heavy atom. The van der Waals surface area contributed by atoms with Crippen LogP contribution in [-0.4, -0.2) is 41.6 Å². The largest absolute Gasteiger partial charge is 0.503 e. The van der Waals surface area contributed by atoms with Crippen LogP contribution in [0, 0.1) is 17.5 Å². The number of nitrogens with zero attached hydrogens (tertiary/aromatic N) is 1. The Morgan fingerprint density at radius 1 is 1.43 bits per heavy atom. The van der Waals surface area contributed by atoms with Gasteiger partial charge in [0.25, 0.3) is 5.91 Å². The lowest BCUT2D eigenvalue weighted by atomic mass is 10.0. The van der Waals surface area contributed by atoms with Crippen LogP contribution >= 0.6 is 0 Å². The summed E-state index contributed by atoms with van der Waals surface area (Å²) in [5, 5.41) is 12.3. The van der Waals surface area contributed by atoms with Crippen LogP contribution in [0.3, 0.4) is 0 Å². The summed E-state index contributed by atoms with van der Waals surface area (Å²) in [5.74, 6) is -6.78. The summed E-state index contributed by atoms with van der Waals surface area (Å²) in [6.07, 6.45) is 1.63. The lowest BCUT2D eigenvalue weighted by Gasteiger charge is -2.34. The van der Waals surface area contributed by atoms with Gasteiger partial charge in [0.1, 0.15) is 0 Å². The number of hydrogen-bond donors (Lipinski definition) is 2. The lowest BCUT2D eigenvalue weighted by molar-refractivity contribution is 0.0655. The Labute approximate surface area is 120 Å². The number of phenolic OH excluding ortho intramolecular Hbond substituents is 1. The van der Waals surface area contributed by atoms with Crippen LogP contribution in [0.1, 0.15) is 30.1 Å². The first-order valence-electron chi connectivity index (χ1n) is 6.85. The molecule has 1 fully saturated rings. The number of amides is 1. The number of benzene rings is 1. The summed E-state index contributed by atoms with van der Waals surface area (Å²) >= 11 is 0. The number of carbonyl (C=O) groups is 1. The van der Waals surface area contributed by atoms with Crippen molar-refractivity contribution < 1.29 is 23.1 Å². The van der Waals surface area contributed by atoms with Gasteiger partial charge in [0.05, 0.1) is 5.56 Å². The van der Waals surface area contributed by atoms with Crippen molar-refractivity contribution >= 4 is 5.91 Å². The Bertz CT molecular complexity index is 546. The van der Waals surface area contributed by atoms with Gasteiger partial charge in [-0.2, -0.15) is 4.39 Å². The molecule has 0 saturated carbocycles. The van der Waals surface area contributed by atoms with Gasteiger partial charge in [-0.1, -0.05) is 0 Å². The van der Waals surface area contributed by atoms with Crippen molar-refractivity contribution in [1.29, 1.82) is 0 Å². The van der Waals surface area contributed by atoms with Crippen molar-refractivity contribution in [2.24, 2.45) is 0 Å². The van der Waals surface area contributed by atoms with E-state index in [0.717, 1.165) is 19.4 Å². The maximum atomic E-state index is 13.8. The van der Waals surface area contributed by atoms with Crippen LogP contribution in [0.4, 0.5) is 13.2 Å². The van der Waals surface area contributed by atoms with Crippen molar-refractivity contribution in [2.75, 3.05) is 19.6 Å². The zero-order valence-corrected chi connectivity index (χ0v) is 11.6. The molecule has 116 valence electrons. The van der Waals surface area contributed by atoms with Gasteiger partial charge >= 0.3 is 0 Å². The number of halogens is 3. The molecule has 0 radical (unpaired) electrons. The average Bonchev–Trinajstić information content (AvgIpc) is 2.50. The minimum Gasteiger partial charge on any atom is -0.503 e. The first-order chi connectivity index (χ1) is 9.97. The molecule has 7 heteroatoms. The molecule has 21 heavy (non-hydrogen) atoms. The minimum atomic E-state index is -1.69. The van der Waals surface area contributed by atoms with Gasteiger partial charge in [-0.15, -0.1) is 0 Å². The first-order valence-corrected chi connectivity index (χ1v) is 6.85. The fourth-order valence-electron chi connectivity index (χ4n) is 2.57. The SMILES string of the molecule is CCN(C(=O)c1cc(F)c(F)c(O)c1F)C1CCCNC1. The molecule has 1 atom stereocenters. The van der Waals surface area contributed by atoms with E-state index in [1.807, 2.05) is 0 Å². The third-order valence-corrected chi connectivity index (χ3v) is 3.68. The smallest absolute Gasteiger partial charge is 0.257 e. The van der Waals surface area contributed by atoms with Crippen molar-refractivity contribution in [1.82, 2.24) is 10.2 Å². The van der Waals surface area contributed by atoms with Crippen LogP contribution in [0.25, 0.3) is 0 Å². The summed E-state index contributed by atoms with van der Waals surface area (Å²) in [5.41, 5.74) is -0.654. The molecule has 1 aliphatic heterocycles. The molecule has 1 aliphatic rings. The molecule has 2 N–H and O–H groups in total. The quantitative estimate of drug-likeness (QED) is 0.840. The summed E-state index contributed by atoms with van der Waals surface area (Å²) in [7, 11) is 0. The maximum absolute atomic E-state index is 13.8. The molecule has 1 aromatic rings. The summed E-state index contributed by atoms with van der Waals surface area (Å²) in [4.78, 5) is 13.8. The average molecular weight is 302 g/mol. The molecule has 2 rings (SSSR count). The number of nitrogens with one attached hydrogen (secondary N) is 1. The summed E-state index contributed by atoms with van der Waals surface area (Å²) < 4.78 is 40.2. The monoisotopic (exact) mass is 302 g/mol. The van der Waals surface area contributed by atoms with E-state index in [4.69, 9.17) is 0 Å². The highest BCUT2D eigenvalue weighted by atomic mass is 19.2.